The summed E-state index contributed by atoms with van der Waals surface area (Å²) in [4.78, 5) is 12.4. The Morgan fingerprint density at radius 1 is 1.11 bits per heavy atom. The van der Waals surface area contributed by atoms with Crippen LogP contribution in [0.4, 0.5) is 18.9 Å². The van der Waals surface area contributed by atoms with E-state index in [1.165, 1.54) is 48.5 Å². The van der Waals surface area contributed by atoms with Crippen molar-refractivity contribution in [3.63, 3.8) is 0 Å². The Bertz CT molecular complexity index is 944. The summed E-state index contributed by atoms with van der Waals surface area (Å²) in [5, 5.41) is 2.44. The third-order valence-electron chi connectivity index (χ3n) is 3.32. The van der Waals surface area contributed by atoms with E-state index < -0.39 is 28.7 Å². The topological polar surface area (TPSA) is 84.5 Å². The molecule has 1 amide bonds. The van der Waals surface area contributed by atoms with Gasteiger partial charge >= 0.3 is 6.18 Å². The molecule has 28 heavy (non-hydrogen) atoms. The quantitative estimate of drug-likeness (QED) is 0.723. The van der Waals surface area contributed by atoms with E-state index in [2.05, 4.69) is 10.0 Å². The van der Waals surface area contributed by atoms with Crippen LogP contribution in [0, 0.1) is 0 Å². The zero-order valence-corrected chi connectivity index (χ0v) is 15.9. The third-order valence-corrected chi connectivity index (χ3v) is 4.98. The standard InChI is InChI=1S/C18H19F3N2O4S/c1-12(2)23-28(25,26)14-7-5-6-13(10-14)17(24)22-15-8-3-4-9-16(15)27-11-18(19,20)21/h3-10,12,23H,11H2,1-2H3,(H,22,24). The fourth-order valence-electron chi connectivity index (χ4n) is 2.23. The summed E-state index contributed by atoms with van der Waals surface area (Å²) < 4.78 is 68.7. The van der Waals surface area contributed by atoms with Gasteiger partial charge in [0.2, 0.25) is 10.0 Å². The highest BCUT2D eigenvalue weighted by Gasteiger charge is 2.29. The maximum Gasteiger partial charge on any atom is 0.422 e. The number of anilines is 1. The third kappa shape index (κ3) is 6.24. The zero-order valence-electron chi connectivity index (χ0n) is 15.1. The van der Waals surface area contributed by atoms with Gasteiger partial charge in [-0.15, -0.1) is 0 Å². The molecule has 0 spiro atoms. The van der Waals surface area contributed by atoms with Crippen molar-refractivity contribution in [2.24, 2.45) is 0 Å². The van der Waals surface area contributed by atoms with Crippen LogP contribution in [0.25, 0.3) is 0 Å². The molecule has 2 aromatic rings. The SMILES string of the molecule is CC(C)NS(=O)(=O)c1cccc(C(=O)Nc2ccccc2OCC(F)(F)F)c1. The molecule has 2 N–H and O–H groups in total. The van der Waals surface area contributed by atoms with Gasteiger partial charge in [0.25, 0.3) is 5.91 Å². The smallest absolute Gasteiger partial charge is 0.422 e. The molecule has 0 aliphatic carbocycles. The Hall–Kier alpha value is -2.59. The molecular weight excluding hydrogens is 397 g/mol. The Morgan fingerprint density at radius 3 is 2.43 bits per heavy atom. The van der Waals surface area contributed by atoms with Crippen LogP contribution in [0.3, 0.4) is 0 Å². The normalized spacial score (nSPS) is 12.1. The molecule has 2 aromatic carbocycles. The predicted molar refractivity (Wildman–Crippen MR) is 97.8 cm³/mol. The molecule has 0 bridgehead atoms. The number of sulfonamides is 1. The molecule has 2 rings (SSSR count). The van der Waals surface area contributed by atoms with Gasteiger partial charge in [0.15, 0.2) is 6.61 Å². The van der Waals surface area contributed by atoms with Gasteiger partial charge in [-0.05, 0) is 44.2 Å². The van der Waals surface area contributed by atoms with Gasteiger partial charge in [0, 0.05) is 11.6 Å². The van der Waals surface area contributed by atoms with Gasteiger partial charge in [0.1, 0.15) is 5.75 Å². The van der Waals surface area contributed by atoms with E-state index in [0.29, 0.717) is 0 Å². The minimum Gasteiger partial charge on any atom is -0.482 e. The highest BCUT2D eigenvalue weighted by atomic mass is 32.2. The number of benzene rings is 2. The fourth-order valence-corrected chi connectivity index (χ4v) is 3.53. The summed E-state index contributed by atoms with van der Waals surface area (Å²) in [6.07, 6.45) is -4.52. The molecule has 10 heteroatoms. The van der Waals surface area contributed by atoms with Crippen molar-refractivity contribution in [3.8, 4) is 5.75 Å². The van der Waals surface area contributed by atoms with Gasteiger partial charge in [-0.2, -0.15) is 13.2 Å². The highest BCUT2D eigenvalue weighted by Crippen LogP contribution is 2.27. The number of amides is 1. The van der Waals surface area contributed by atoms with Crippen LogP contribution in [-0.4, -0.2) is 33.1 Å². The number of alkyl halides is 3. The van der Waals surface area contributed by atoms with Crippen LogP contribution in [0.1, 0.15) is 24.2 Å². The van der Waals surface area contributed by atoms with E-state index in [0.717, 1.165) is 0 Å². The number of halogens is 3. The molecule has 6 nitrogen and oxygen atoms in total. The van der Waals surface area contributed by atoms with Crippen LogP contribution in [-0.2, 0) is 10.0 Å². The summed E-state index contributed by atoms with van der Waals surface area (Å²) >= 11 is 0. The summed E-state index contributed by atoms with van der Waals surface area (Å²) in [5.74, 6) is -0.844. The van der Waals surface area contributed by atoms with E-state index in [1.807, 2.05) is 0 Å². The van der Waals surface area contributed by atoms with Crippen molar-refractivity contribution in [3.05, 3.63) is 54.1 Å². The number of ether oxygens (including phenoxy) is 1. The molecule has 0 radical (unpaired) electrons. The molecule has 0 aromatic heterocycles. The van der Waals surface area contributed by atoms with E-state index in [9.17, 15) is 26.4 Å². The first-order chi connectivity index (χ1) is 13.0. The van der Waals surface area contributed by atoms with E-state index in [-0.39, 0.29) is 27.9 Å². The van der Waals surface area contributed by atoms with E-state index >= 15 is 0 Å². The van der Waals surface area contributed by atoms with Crippen LogP contribution in [0.2, 0.25) is 0 Å². The van der Waals surface area contributed by atoms with Crippen molar-refractivity contribution in [1.82, 2.24) is 4.72 Å². The van der Waals surface area contributed by atoms with E-state index in [4.69, 9.17) is 4.74 Å². The summed E-state index contributed by atoms with van der Waals surface area (Å²) in [6.45, 7) is 1.81. The first-order valence-corrected chi connectivity index (χ1v) is 9.68. The van der Waals surface area contributed by atoms with Crippen LogP contribution in [0.15, 0.2) is 53.4 Å². The lowest BCUT2D eigenvalue weighted by Gasteiger charge is -2.14. The Balaban J connectivity index is 2.22. The molecule has 0 heterocycles. The Morgan fingerprint density at radius 2 is 1.79 bits per heavy atom. The van der Waals surface area contributed by atoms with Gasteiger partial charge < -0.3 is 10.1 Å². The summed E-state index contributed by atoms with van der Waals surface area (Å²) in [7, 11) is -3.80. The Kier molecular flexibility index (Phi) is 6.68. The van der Waals surface area contributed by atoms with Crippen LogP contribution < -0.4 is 14.8 Å². The van der Waals surface area contributed by atoms with Crippen molar-refractivity contribution < 1.29 is 31.1 Å². The minimum atomic E-state index is -4.52. The molecular formula is C18H19F3N2O4S. The van der Waals surface area contributed by atoms with Gasteiger partial charge in [-0.3, -0.25) is 4.79 Å². The first kappa shape index (κ1) is 21.7. The number of rotatable bonds is 7. The van der Waals surface area contributed by atoms with Gasteiger partial charge in [-0.1, -0.05) is 18.2 Å². The fraction of sp³-hybridized carbons (Fsp3) is 0.278. The van der Waals surface area contributed by atoms with Crippen molar-refractivity contribution in [2.75, 3.05) is 11.9 Å². The number of hydrogen-bond donors (Lipinski definition) is 2. The van der Waals surface area contributed by atoms with Crippen molar-refractivity contribution in [1.29, 1.82) is 0 Å². The Labute approximate surface area is 160 Å². The number of carbonyl (C=O) groups is 1. The maximum absolute atomic E-state index is 12.5. The summed E-state index contributed by atoms with van der Waals surface area (Å²) in [5.41, 5.74) is 0.0579. The second-order valence-corrected chi connectivity index (χ2v) is 7.87. The van der Waals surface area contributed by atoms with Crippen molar-refractivity contribution in [2.45, 2.75) is 31.0 Å². The highest BCUT2D eigenvalue weighted by molar-refractivity contribution is 7.89. The lowest BCUT2D eigenvalue weighted by Crippen LogP contribution is -2.30. The summed E-state index contributed by atoms with van der Waals surface area (Å²) in [6, 6.07) is 10.6. The molecule has 0 aliphatic rings. The van der Waals surface area contributed by atoms with E-state index in [1.54, 1.807) is 13.8 Å². The molecule has 0 unspecified atom stereocenters. The largest absolute Gasteiger partial charge is 0.482 e. The maximum atomic E-state index is 12.5. The molecule has 0 saturated carbocycles. The number of hydrogen-bond acceptors (Lipinski definition) is 4. The monoisotopic (exact) mass is 416 g/mol. The van der Waals surface area contributed by atoms with Gasteiger partial charge in [-0.25, -0.2) is 13.1 Å². The first-order valence-electron chi connectivity index (χ1n) is 8.20. The number of carbonyl (C=O) groups excluding carboxylic acids is 1. The second kappa shape index (κ2) is 8.61. The predicted octanol–water partition coefficient (Wildman–Crippen LogP) is 3.57. The second-order valence-electron chi connectivity index (χ2n) is 6.16. The average Bonchev–Trinajstić information content (AvgIpc) is 2.59. The van der Waals surface area contributed by atoms with Crippen LogP contribution >= 0.6 is 0 Å². The number of nitrogens with one attached hydrogen (secondary N) is 2. The molecule has 0 fully saturated rings. The molecule has 0 saturated heterocycles. The lowest BCUT2D eigenvalue weighted by molar-refractivity contribution is -0.153. The lowest BCUT2D eigenvalue weighted by atomic mass is 10.2. The molecule has 152 valence electrons. The zero-order chi connectivity index (χ0) is 20.9. The molecule has 0 aliphatic heterocycles. The van der Waals surface area contributed by atoms with Crippen molar-refractivity contribution >= 4 is 21.6 Å². The van der Waals surface area contributed by atoms with Crippen LogP contribution in [0.5, 0.6) is 5.75 Å². The number of para-hydroxylation sites is 2. The van der Waals surface area contributed by atoms with Gasteiger partial charge in [0.05, 0.1) is 10.6 Å². The minimum absolute atomic E-state index is 0.0252. The average molecular weight is 416 g/mol. The molecule has 0 atom stereocenters.